The number of piperidine rings is 1. The molecule has 5 aliphatic rings. The molecule has 4 aliphatic carbocycles. The van der Waals surface area contributed by atoms with Crippen molar-refractivity contribution in [3.8, 4) is 0 Å². The Bertz CT molecular complexity index is 1270. The molecule has 38 heavy (non-hydrogen) atoms. The van der Waals surface area contributed by atoms with Crippen LogP contribution in [-0.4, -0.2) is 60.3 Å². The quantitative estimate of drug-likeness (QED) is 0.507. The van der Waals surface area contributed by atoms with Crippen LogP contribution in [0.3, 0.4) is 0 Å². The zero-order chi connectivity index (χ0) is 25.9. The van der Waals surface area contributed by atoms with E-state index in [0.29, 0.717) is 42.6 Å². The Morgan fingerprint density at radius 1 is 1.03 bits per heavy atom. The maximum absolute atomic E-state index is 13.8. The first kappa shape index (κ1) is 24.8. The van der Waals surface area contributed by atoms with Gasteiger partial charge in [-0.2, -0.15) is 0 Å². The molecule has 1 aliphatic heterocycles. The van der Waals surface area contributed by atoms with Gasteiger partial charge in [-0.15, -0.1) is 0 Å². The van der Waals surface area contributed by atoms with E-state index in [2.05, 4.69) is 40.1 Å². The topological polar surface area (TPSA) is 105 Å². The van der Waals surface area contributed by atoms with Crippen LogP contribution in [0, 0.1) is 17.8 Å². The van der Waals surface area contributed by atoms with Crippen LogP contribution in [0.15, 0.2) is 40.9 Å². The van der Waals surface area contributed by atoms with Gasteiger partial charge in [-0.05, 0) is 87.6 Å². The molecule has 9 heteroatoms. The van der Waals surface area contributed by atoms with E-state index in [1.54, 1.807) is 10.4 Å². The van der Waals surface area contributed by atoms with Crippen molar-refractivity contribution in [2.75, 3.05) is 19.6 Å². The number of carbonyl (C=O) groups is 1. The molecule has 8 nitrogen and oxygen atoms in total. The van der Waals surface area contributed by atoms with Gasteiger partial charge in [0, 0.05) is 37.2 Å². The summed E-state index contributed by atoms with van der Waals surface area (Å²) in [5, 5.41) is 10.8. The van der Waals surface area contributed by atoms with Gasteiger partial charge in [0.2, 0.25) is 10.0 Å². The van der Waals surface area contributed by atoms with Gasteiger partial charge in [0.1, 0.15) is 5.76 Å². The molecule has 1 amide bonds. The van der Waals surface area contributed by atoms with E-state index >= 15 is 0 Å². The minimum Gasteiger partial charge on any atom is -0.360 e. The SMILES string of the molecule is O=C(NC1C[C@@H]2CC3(S(=O)(=O)N4CCC(NCCc5ccccc5)CC4)C[C@H](C1)C23)c1cc(C2CC2)on1. The van der Waals surface area contributed by atoms with Gasteiger partial charge >= 0.3 is 0 Å². The normalized spacial score (nSPS) is 33.2. The van der Waals surface area contributed by atoms with Gasteiger partial charge < -0.3 is 15.2 Å². The van der Waals surface area contributed by atoms with Crippen molar-refractivity contribution in [1.29, 1.82) is 0 Å². The first-order valence-electron chi connectivity index (χ1n) is 14.5. The first-order valence-corrected chi connectivity index (χ1v) is 15.9. The molecule has 0 radical (unpaired) electrons. The lowest BCUT2D eigenvalue weighted by Gasteiger charge is -2.70. The Morgan fingerprint density at radius 2 is 1.74 bits per heavy atom. The van der Waals surface area contributed by atoms with Crippen LogP contribution < -0.4 is 10.6 Å². The number of rotatable bonds is 9. The molecule has 1 aromatic heterocycles. The van der Waals surface area contributed by atoms with Crippen LogP contribution in [0.5, 0.6) is 0 Å². The van der Waals surface area contributed by atoms with E-state index in [9.17, 15) is 13.2 Å². The lowest BCUT2D eigenvalue weighted by molar-refractivity contribution is -0.108. The Hall–Kier alpha value is -2.23. The van der Waals surface area contributed by atoms with Crippen molar-refractivity contribution in [3.63, 3.8) is 0 Å². The minimum absolute atomic E-state index is 0.0912. The second-order valence-electron chi connectivity index (χ2n) is 12.4. The molecule has 1 saturated heterocycles. The van der Waals surface area contributed by atoms with Gasteiger partial charge in [0.15, 0.2) is 5.69 Å². The average molecular weight is 539 g/mol. The number of hydrogen-bond acceptors (Lipinski definition) is 6. The second kappa shape index (κ2) is 9.45. The summed E-state index contributed by atoms with van der Waals surface area (Å²) >= 11 is 0. The van der Waals surface area contributed by atoms with Crippen LogP contribution >= 0.6 is 0 Å². The van der Waals surface area contributed by atoms with Crippen molar-refractivity contribution in [2.24, 2.45) is 17.8 Å². The average Bonchev–Trinajstić information content (AvgIpc) is 3.62. The Labute approximate surface area is 225 Å². The number of nitrogens with zero attached hydrogens (tertiary/aromatic N) is 2. The third-order valence-corrected chi connectivity index (χ3v) is 12.8. The lowest BCUT2D eigenvalue weighted by atomic mass is 9.42. The minimum atomic E-state index is -3.30. The molecule has 7 rings (SSSR count). The number of carbonyl (C=O) groups excluding carboxylic acids is 1. The van der Waals surface area contributed by atoms with E-state index in [-0.39, 0.29) is 17.9 Å². The van der Waals surface area contributed by atoms with Gasteiger partial charge in [0.25, 0.3) is 5.91 Å². The summed E-state index contributed by atoms with van der Waals surface area (Å²) in [5.74, 6) is 2.12. The van der Waals surface area contributed by atoms with Crippen molar-refractivity contribution < 1.29 is 17.7 Å². The third-order valence-electron chi connectivity index (χ3n) is 10.1. The molecule has 0 bridgehead atoms. The van der Waals surface area contributed by atoms with Crippen LogP contribution in [0.25, 0.3) is 0 Å². The number of nitrogens with one attached hydrogen (secondary N) is 2. The number of hydrogen-bond donors (Lipinski definition) is 2. The van der Waals surface area contributed by atoms with E-state index in [0.717, 1.165) is 70.1 Å². The highest BCUT2D eigenvalue weighted by Crippen LogP contribution is 2.69. The highest BCUT2D eigenvalue weighted by molar-refractivity contribution is 7.90. The molecule has 2 N–H and O–H groups in total. The van der Waals surface area contributed by atoms with Gasteiger partial charge in [-0.3, -0.25) is 4.79 Å². The van der Waals surface area contributed by atoms with E-state index < -0.39 is 14.8 Å². The van der Waals surface area contributed by atoms with Gasteiger partial charge in [-0.25, -0.2) is 12.7 Å². The summed E-state index contributed by atoms with van der Waals surface area (Å²) in [6.07, 6.45) is 8.18. The summed E-state index contributed by atoms with van der Waals surface area (Å²) in [6, 6.07) is 12.7. The lowest BCUT2D eigenvalue weighted by Crippen LogP contribution is -2.75. The third kappa shape index (κ3) is 4.21. The highest BCUT2D eigenvalue weighted by atomic mass is 32.2. The maximum atomic E-state index is 13.8. The fourth-order valence-electron chi connectivity index (χ4n) is 8.05. The highest BCUT2D eigenvalue weighted by Gasteiger charge is 2.73. The van der Waals surface area contributed by atoms with Crippen LogP contribution in [0.2, 0.25) is 0 Å². The Kier molecular flexibility index (Phi) is 6.17. The molecular weight excluding hydrogens is 500 g/mol. The molecule has 5 atom stereocenters. The molecule has 5 fully saturated rings. The van der Waals surface area contributed by atoms with Crippen LogP contribution in [0.1, 0.15) is 79.1 Å². The van der Waals surface area contributed by atoms with Gasteiger partial charge in [-0.1, -0.05) is 35.5 Å². The maximum Gasteiger partial charge on any atom is 0.273 e. The number of amides is 1. The largest absolute Gasteiger partial charge is 0.360 e. The van der Waals surface area contributed by atoms with Crippen LogP contribution in [-0.2, 0) is 16.4 Å². The summed E-state index contributed by atoms with van der Waals surface area (Å²) in [5.41, 5.74) is 1.69. The van der Waals surface area contributed by atoms with Gasteiger partial charge in [0.05, 0.1) is 4.75 Å². The molecule has 4 saturated carbocycles. The monoisotopic (exact) mass is 538 g/mol. The predicted molar refractivity (Wildman–Crippen MR) is 143 cm³/mol. The van der Waals surface area contributed by atoms with Crippen molar-refractivity contribution in [1.82, 2.24) is 20.1 Å². The van der Waals surface area contributed by atoms with E-state index in [4.69, 9.17) is 4.52 Å². The number of benzene rings is 1. The fourth-order valence-corrected chi connectivity index (χ4v) is 10.8. The van der Waals surface area contributed by atoms with Crippen molar-refractivity contribution in [3.05, 3.63) is 53.4 Å². The molecule has 3 unspecified atom stereocenters. The Balaban J connectivity index is 0.898. The second-order valence-corrected chi connectivity index (χ2v) is 14.7. The van der Waals surface area contributed by atoms with Crippen molar-refractivity contribution in [2.45, 2.75) is 80.5 Å². The molecule has 204 valence electrons. The predicted octanol–water partition coefficient (Wildman–Crippen LogP) is 3.47. The molecule has 2 heterocycles. The summed E-state index contributed by atoms with van der Waals surface area (Å²) in [7, 11) is -3.30. The summed E-state index contributed by atoms with van der Waals surface area (Å²) < 4.78 is 34.2. The molecule has 0 spiro atoms. The van der Waals surface area contributed by atoms with Crippen LogP contribution in [0.4, 0.5) is 0 Å². The summed E-state index contributed by atoms with van der Waals surface area (Å²) in [4.78, 5) is 12.7. The smallest absolute Gasteiger partial charge is 0.273 e. The number of aromatic nitrogens is 1. The first-order chi connectivity index (χ1) is 18.4. The van der Waals surface area contributed by atoms with Crippen molar-refractivity contribution >= 4 is 15.9 Å². The molecule has 1 aromatic carbocycles. The Morgan fingerprint density at radius 3 is 2.42 bits per heavy atom. The zero-order valence-corrected chi connectivity index (χ0v) is 22.7. The van der Waals surface area contributed by atoms with E-state index in [1.807, 2.05) is 6.07 Å². The molecular formula is C29H38N4O4S. The zero-order valence-electron chi connectivity index (χ0n) is 21.8. The van der Waals surface area contributed by atoms with E-state index in [1.165, 1.54) is 5.56 Å². The fraction of sp³-hybridized carbons (Fsp3) is 0.655. The summed E-state index contributed by atoms with van der Waals surface area (Å²) in [6.45, 7) is 2.16. The standard InChI is InChI=1S/C29H38N4O4S/c34-28(25-16-26(37-32-25)20-6-7-20)31-24-14-21-17-29(18-22(15-24)27(21)29)38(35,36)33-12-9-23(10-13-33)30-11-8-19-4-2-1-3-5-19/h1-5,16,20-24,27,30H,6-15,17-18H2,(H,31,34)/t21-,22+,24?,27?,29?. The molecule has 2 aromatic rings. The number of sulfonamides is 1.